The van der Waals surface area contributed by atoms with Gasteiger partial charge in [-0.15, -0.1) is 0 Å². The second-order valence-corrected chi connectivity index (χ2v) is 12.7. The Morgan fingerprint density at radius 3 is 2.00 bits per heavy atom. The van der Waals surface area contributed by atoms with E-state index in [4.69, 9.17) is 18.9 Å². The van der Waals surface area contributed by atoms with Crippen molar-refractivity contribution in [2.45, 2.75) is 95.5 Å². The van der Waals surface area contributed by atoms with Gasteiger partial charge in [0, 0.05) is 23.0 Å². The normalized spacial score (nSPS) is 47.0. The summed E-state index contributed by atoms with van der Waals surface area (Å²) in [5, 5.41) is 22.0. The smallest absolute Gasteiger partial charge is 0.201 e. The Balaban J connectivity index is 1.42. The summed E-state index contributed by atoms with van der Waals surface area (Å²) in [5.74, 6) is -3.55. The van der Waals surface area contributed by atoms with Gasteiger partial charge < -0.3 is 29.2 Å². The van der Waals surface area contributed by atoms with Crippen LogP contribution in [0.3, 0.4) is 0 Å². The SMILES string of the molecule is CC(C)=C[C@@H](O)[C@@]12O[C@H]1C(=O)[C@]13C(=CO[C@@H](C)[C@H]1[C@@H]1C4=C(C(=O)[C@@]5([C@@H](O)C=C(C)C)O[C@@H]5C4=O)[C@@H]3O[C@@H]1C)C2=O. The zero-order valence-electron chi connectivity index (χ0n) is 23.1. The first kappa shape index (κ1) is 26.2. The fraction of sp³-hybridized carbons (Fsp3) is 0.600. The number of aliphatic hydroxyl groups excluding tert-OH is 2. The van der Waals surface area contributed by atoms with Crippen LogP contribution in [0.1, 0.15) is 41.5 Å². The van der Waals surface area contributed by atoms with E-state index in [1.54, 1.807) is 41.5 Å². The minimum Gasteiger partial charge on any atom is -0.498 e. The molecule has 0 aromatic heterocycles. The summed E-state index contributed by atoms with van der Waals surface area (Å²) in [6.45, 7) is 10.6. The molecule has 3 saturated heterocycles. The highest BCUT2D eigenvalue weighted by Gasteiger charge is 2.86. The molecule has 8 aliphatic rings. The summed E-state index contributed by atoms with van der Waals surface area (Å²) in [7, 11) is 0. The first-order valence-corrected chi connectivity index (χ1v) is 13.7. The van der Waals surface area contributed by atoms with E-state index >= 15 is 0 Å². The fourth-order valence-corrected chi connectivity index (χ4v) is 8.27. The molecule has 0 unspecified atom stereocenters. The molecule has 4 fully saturated rings. The lowest BCUT2D eigenvalue weighted by atomic mass is 9.44. The maximum atomic E-state index is 14.6. The quantitative estimate of drug-likeness (QED) is 0.379. The third-order valence-electron chi connectivity index (χ3n) is 9.92. The highest BCUT2D eigenvalue weighted by molar-refractivity contribution is 6.26. The van der Waals surface area contributed by atoms with Crippen molar-refractivity contribution in [3.8, 4) is 0 Å². The summed E-state index contributed by atoms with van der Waals surface area (Å²) in [5.41, 5.74) is -3.57. The monoisotopic (exact) mass is 552 g/mol. The molecule has 10 heteroatoms. The standard InChI is InChI=1S/C30H32O10/c1-10(2)7-15(31)29-22(34)14-9-37-13(6)20-17-12(5)38-25(28(14,20)24(36)27(29)40-29)19-18(17)21(33)26-30(39-26,23(19)35)16(32)8-11(3)4/h7-9,12-13,15-17,20,25-27,31-32H,1-6H3/t12-,13+,15-,16+,17+,20+,25+,26-,27+,28+,29+,30-/m1/s1. The van der Waals surface area contributed by atoms with E-state index in [0.717, 1.165) is 11.1 Å². The van der Waals surface area contributed by atoms with Crippen molar-refractivity contribution < 1.29 is 48.3 Å². The first-order valence-electron chi connectivity index (χ1n) is 13.7. The van der Waals surface area contributed by atoms with Crippen molar-refractivity contribution in [2.75, 3.05) is 0 Å². The third kappa shape index (κ3) is 2.68. The summed E-state index contributed by atoms with van der Waals surface area (Å²) in [6.07, 6.45) is -3.41. The highest BCUT2D eigenvalue weighted by atomic mass is 16.6. The van der Waals surface area contributed by atoms with Gasteiger partial charge in [-0.05, 0) is 41.5 Å². The third-order valence-corrected chi connectivity index (χ3v) is 9.92. The molecule has 1 spiro atoms. The minimum absolute atomic E-state index is 0.0153. The van der Waals surface area contributed by atoms with Crippen molar-refractivity contribution in [2.24, 2.45) is 17.3 Å². The van der Waals surface area contributed by atoms with Crippen molar-refractivity contribution in [3.05, 3.63) is 46.3 Å². The second kappa shape index (κ2) is 7.74. The predicted octanol–water partition coefficient (Wildman–Crippen LogP) is 0.838. The number of carbonyl (C=O) groups excluding carboxylic acids is 4. The first-order chi connectivity index (χ1) is 18.8. The van der Waals surface area contributed by atoms with Crippen LogP contribution in [-0.4, -0.2) is 87.3 Å². The van der Waals surface area contributed by atoms with Crippen molar-refractivity contribution in [1.82, 2.24) is 0 Å². The van der Waals surface area contributed by atoms with E-state index in [0.29, 0.717) is 0 Å². The molecule has 1 saturated carbocycles. The molecule has 40 heavy (non-hydrogen) atoms. The van der Waals surface area contributed by atoms with E-state index in [1.807, 2.05) is 0 Å². The van der Waals surface area contributed by atoms with Crippen LogP contribution in [0, 0.1) is 17.3 Å². The molecule has 8 rings (SSSR count). The van der Waals surface area contributed by atoms with Gasteiger partial charge >= 0.3 is 0 Å². The van der Waals surface area contributed by atoms with E-state index in [1.165, 1.54) is 18.4 Å². The van der Waals surface area contributed by atoms with E-state index in [2.05, 4.69) is 0 Å². The average molecular weight is 553 g/mol. The van der Waals surface area contributed by atoms with Crippen LogP contribution >= 0.6 is 0 Å². The predicted molar refractivity (Wildman–Crippen MR) is 136 cm³/mol. The van der Waals surface area contributed by atoms with Gasteiger partial charge in [-0.1, -0.05) is 23.3 Å². The number of ketones is 4. The van der Waals surface area contributed by atoms with Crippen LogP contribution in [-0.2, 0) is 38.1 Å². The van der Waals surface area contributed by atoms with Crippen LogP contribution in [0.15, 0.2) is 46.3 Å². The maximum Gasteiger partial charge on any atom is 0.201 e. The molecule has 0 aromatic carbocycles. The van der Waals surface area contributed by atoms with E-state index in [-0.39, 0.29) is 16.7 Å². The number of Topliss-reactive ketones (excluding diaryl/α,β-unsaturated/α-hetero) is 4. The van der Waals surface area contributed by atoms with Gasteiger partial charge in [0.1, 0.15) is 23.7 Å². The molecule has 10 nitrogen and oxygen atoms in total. The molecule has 2 N–H and O–H groups in total. The number of hydrogen-bond acceptors (Lipinski definition) is 10. The van der Waals surface area contributed by atoms with Crippen LogP contribution < -0.4 is 0 Å². The van der Waals surface area contributed by atoms with E-state index in [9.17, 15) is 29.4 Å². The Morgan fingerprint density at radius 1 is 0.825 bits per heavy atom. The number of fused-ring (bicyclic) bond motifs is 3. The lowest BCUT2D eigenvalue weighted by Gasteiger charge is -2.62. The van der Waals surface area contributed by atoms with Gasteiger partial charge in [0.15, 0.2) is 40.8 Å². The van der Waals surface area contributed by atoms with Gasteiger partial charge in [-0.25, -0.2) is 0 Å². The topological polar surface area (TPSA) is 152 Å². The Bertz CT molecular complexity index is 1440. The molecule has 0 radical (unpaired) electrons. The van der Waals surface area contributed by atoms with Gasteiger partial charge in [0.25, 0.3) is 0 Å². The number of carbonyl (C=O) groups is 4. The maximum absolute atomic E-state index is 14.6. The largest absolute Gasteiger partial charge is 0.498 e. The molecule has 5 heterocycles. The van der Waals surface area contributed by atoms with Crippen molar-refractivity contribution in [3.63, 3.8) is 0 Å². The molecular weight excluding hydrogens is 520 g/mol. The summed E-state index contributed by atoms with van der Waals surface area (Å²) < 4.78 is 23.8. The lowest BCUT2D eigenvalue weighted by Crippen LogP contribution is -2.73. The molecule has 0 amide bonds. The van der Waals surface area contributed by atoms with Crippen molar-refractivity contribution >= 4 is 23.1 Å². The van der Waals surface area contributed by atoms with Crippen LogP contribution in [0.25, 0.3) is 0 Å². The summed E-state index contributed by atoms with van der Waals surface area (Å²) >= 11 is 0. The Labute approximate surface area is 230 Å². The summed E-state index contributed by atoms with van der Waals surface area (Å²) in [4.78, 5) is 56.9. The lowest BCUT2D eigenvalue weighted by molar-refractivity contribution is -0.205. The Morgan fingerprint density at radius 2 is 1.40 bits per heavy atom. The molecule has 0 aromatic rings. The van der Waals surface area contributed by atoms with Gasteiger partial charge in [0.05, 0.1) is 24.0 Å². The zero-order valence-corrected chi connectivity index (χ0v) is 23.1. The van der Waals surface area contributed by atoms with Gasteiger partial charge in [0.2, 0.25) is 5.78 Å². The molecule has 212 valence electrons. The fourth-order valence-electron chi connectivity index (χ4n) is 8.27. The zero-order chi connectivity index (χ0) is 28.8. The molecule has 3 aliphatic carbocycles. The summed E-state index contributed by atoms with van der Waals surface area (Å²) in [6, 6.07) is 0. The number of allylic oxidation sites excluding steroid dienone is 2. The number of hydrogen-bond donors (Lipinski definition) is 2. The number of aliphatic hydroxyl groups is 2. The highest BCUT2D eigenvalue weighted by Crippen LogP contribution is 2.69. The molecule has 12 atom stereocenters. The Kier molecular flexibility index (Phi) is 5.06. The average Bonchev–Trinajstić information content (AvgIpc) is 3.78. The number of rotatable bonds is 4. The van der Waals surface area contributed by atoms with Crippen LogP contribution in [0.5, 0.6) is 0 Å². The van der Waals surface area contributed by atoms with Crippen LogP contribution in [0.4, 0.5) is 0 Å². The Hall–Kier alpha value is -2.76. The second-order valence-electron chi connectivity index (χ2n) is 12.7. The van der Waals surface area contributed by atoms with Crippen LogP contribution in [0.2, 0.25) is 0 Å². The number of epoxide rings is 2. The van der Waals surface area contributed by atoms with Crippen molar-refractivity contribution in [1.29, 1.82) is 0 Å². The molecule has 5 aliphatic heterocycles. The van der Waals surface area contributed by atoms with Gasteiger partial charge in [-0.2, -0.15) is 0 Å². The van der Waals surface area contributed by atoms with E-state index < -0.39 is 94.3 Å². The van der Waals surface area contributed by atoms with Gasteiger partial charge in [-0.3, -0.25) is 19.2 Å². The molecular formula is C30H32O10. The number of ether oxygens (including phenoxy) is 4. The minimum atomic E-state index is -1.80. The molecule has 2 bridgehead atoms.